The SMILES string of the molecule is CCC1C(=O)NC(C(C)(C)C)C(=O)N1CCOC(C)C. The zero-order valence-corrected chi connectivity index (χ0v) is 13.5. The predicted octanol–water partition coefficient (Wildman–Crippen LogP) is 1.56. The highest BCUT2D eigenvalue weighted by molar-refractivity contribution is 5.97. The first kappa shape index (κ1) is 17.0. The molecule has 0 bridgehead atoms. The fraction of sp³-hybridized carbons (Fsp3) is 0.867. The van der Waals surface area contributed by atoms with Crippen molar-refractivity contribution in [3.8, 4) is 0 Å². The molecule has 2 unspecified atom stereocenters. The van der Waals surface area contributed by atoms with E-state index in [0.29, 0.717) is 19.6 Å². The second kappa shape index (κ2) is 6.57. The summed E-state index contributed by atoms with van der Waals surface area (Å²) < 4.78 is 5.52. The van der Waals surface area contributed by atoms with Gasteiger partial charge in [0.25, 0.3) is 0 Å². The Balaban J connectivity index is 2.84. The van der Waals surface area contributed by atoms with Crippen molar-refractivity contribution in [2.75, 3.05) is 13.2 Å². The van der Waals surface area contributed by atoms with Gasteiger partial charge in [-0.25, -0.2) is 0 Å². The maximum absolute atomic E-state index is 12.6. The van der Waals surface area contributed by atoms with Crippen LogP contribution in [0.2, 0.25) is 0 Å². The van der Waals surface area contributed by atoms with Crippen molar-refractivity contribution in [2.24, 2.45) is 5.41 Å². The van der Waals surface area contributed by atoms with Crippen molar-refractivity contribution in [1.82, 2.24) is 10.2 Å². The topological polar surface area (TPSA) is 58.6 Å². The van der Waals surface area contributed by atoms with Gasteiger partial charge in [0.1, 0.15) is 12.1 Å². The number of carbonyl (C=O) groups is 2. The summed E-state index contributed by atoms with van der Waals surface area (Å²) in [7, 11) is 0. The number of nitrogens with one attached hydrogen (secondary N) is 1. The molecule has 5 nitrogen and oxygen atoms in total. The molecule has 0 aromatic heterocycles. The van der Waals surface area contributed by atoms with Crippen molar-refractivity contribution < 1.29 is 14.3 Å². The first-order valence-electron chi connectivity index (χ1n) is 7.41. The van der Waals surface area contributed by atoms with Gasteiger partial charge in [-0.1, -0.05) is 27.7 Å². The van der Waals surface area contributed by atoms with E-state index < -0.39 is 6.04 Å². The Morgan fingerprint density at radius 3 is 2.35 bits per heavy atom. The lowest BCUT2D eigenvalue weighted by Gasteiger charge is -2.43. The average Bonchev–Trinajstić information content (AvgIpc) is 2.31. The van der Waals surface area contributed by atoms with Gasteiger partial charge in [0.2, 0.25) is 11.8 Å². The number of carbonyl (C=O) groups excluding carboxylic acids is 2. The Kier molecular flexibility index (Phi) is 5.57. The van der Waals surface area contributed by atoms with Crippen LogP contribution in [0.15, 0.2) is 0 Å². The molecule has 0 aromatic rings. The molecule has 1 aliphatic rings. The van der Waals surface area contributed by atoms with E-state index in [4.69, 9.17) is 4.74 Å². The summed E-state index contributed by atoms with van der Waals surface area (Å²) in [5, 5.41) is 2.87. The van der Waals surface area contributed by atoms with Gasteiger partial charge in [-0.15, -0.1) is 0 Å². The van der Waals surface area contributed by atoms with Crippen LogP contribution >= 0.6 is 0 Å². The number of nitrogens with zero attached hydrogens (tertiary/aromatic N) is 1. The van der Waals surface area contributed by atoms with Gasteiger partial charge in [0.15, 0.2) is 0 Å². The Bertz CT molecular complexity index is 361. The van der Waals surface area contributed by atoms with Gasteiger partial charge in [-0.05, 0) is 25.7 Å². The summed E-state index contributed by atoms with van der Waals surface area (Å²) in [4.78, 5) is 26.5. The molecule has 5 heteroatoms. The lowest BCUT2D eigenvalue weighted by molar-refractivity contribution is -0.153. The van der Waals surface area contributed by atoms with E-state index in [1.165, 1.54) is 0 Å². The molecule has 1 fully saturated rings. The molecule has 1 rings (SSSR count). The first-order chi connectivity index (χ1) is 9.18. The zero-order chi connectivity index (χ0) is 15.5. The van der Waals surface area contributed by atoms with Crippen LogP contribution in [0.3, 0.4) is 0 Å². The molecular formula is C15H28N2O3. The highest BCUT2D eigenvalue weighted by Crippen LogP contribution is 2.25. The molecule has 1 heterocycles. The molecule has 0 aromatic carbocycles. The van der Waals surface area contributed by atoms with Crippen LogP contribution in [0, 0.1) is 5.41 Å². The Morgan fingerprint density at radius 2 is 1.90 bits per heavy atom. The van der Waals surface area contributed by atoms with Crippen LogP contribution < -0.4 is 5.32 Å². The molecule has 2 amide bonds. The standard InChI is InChI=1S/C15H28N2O3/c1-7-11-13(18)16-12(15(4,5)6)14(19)17(11)8-9-20-10(2)3/h10-12H,7-9H2,1-6H3,(H,16,18). The largest absolute Gasteiger partial charge is 0.377 e. The number of rotatable bonds is 5. The van der Waals surface area contributed by atoms with E-state index in [-0.39, 0.29) is 29.4 Å². The van der Waals surface area contributed by atoms with Crippen LogP contribution in [-0.2, 0) is 14.3 Å². The van der Waals surface area contributed by atoms with Crippen LogP contribution in [0.4, 0.5) is 0 Å². The van der Waals surface area contributed by atoms with Gasteiger partial charge >= 0.3 is 0 Å². The van der Waals surface area contributed by atoms with Crippen LogP contribution in [0.5, 0.6) is 0 Å². The van der Waals surface area contributed by atoms with E-state index >= 15 is 0 Å². The van der Waals surface area contributed by atoms with Gasteiger partial charge < -0.3 is 15.0 Å². The summed E-state index contributed by atoms with van der Waals surface area (Å²) in [6, 6.07) is -0.839. The number of piperazine rings is 1. The maximum atomic E-state index is 12.6. The number of hydrogen-bond donors (Lipinski definition) is 1. The van der Waals surface area contributed by atoms with E-state index in [1.807, 2.05) is 41.5 Å². The lowest BCUT2D eigenvalue weighted by atomic mass is 9.83. The van der Waals surface area contributed by atoms with Crippen molar-refractivity contribution in [3.63, 3.8) is 0 Å². The third kappa shape index (κ3) is 3.95. The van der Waals surface area contributed by atoms with Crippen molar-refractivity contribution in [2.45, 2.75) is 66.2 Å². The monoisotopic (exact) mass is 284 g/mol. The lowest BCUT2D eigenvalue weighted by Crippen LogP contribution is -2.66. The van der Waals surface area contributed by atoms with Gasteiger partial charge in [0.05, 0.1) is 12.7 Å². The van der Waals surface area contributed by atoms with Crippen molar-refractivity contribution >= 4 is 11.8 Å². The van der Waals surface area contributed by atoms with Crippen molar-refractivity contribution in [3.05, 3.63) is 0 Å². The fourth-order valence-corrected chi connectivity index (χ4v) is 2.41. The number of ether oxygens (including phenoxy) is 1. The number of hydrogen-bond acceptors (Lipinski definition) is 3. The van der Waals surface area contributed by atoms with E-state index in [9.17, 15) is 9.59 Å². The molecule has 0 spiro atoms. The van der Waals surface area contributed by atoms with Crippen LogP contribution in [0.1, 0.15) is 48.0 Å². The van der Waals surface area contributed by atoms with Gasteiger partial charge in [-0.2, -0.15) is 0 Å². The molecule has 116 valence electrons. The Morgan fingerprint density at radius 1 is 1.30 bits per heavy atom. The second-order valence-electron chi connectivity index (χ2n) is 6.68. The first-order valence-corrected chi connectivity index (χ1v) is 7.41. The van der Waals surface area contributed by atoms with Gasteiger partial charge in [-0.3, -0.25) is 9.59 Å². The molecule has 1 aliphatic heterocycles. The normalized spacial score (nSPS) is 24.2. The summed E-state index contributed by atoms with van der Waals surface area (Å²) in [5.41, 5.74) is -0.289. The Hall–Kier alpha value is -1.10. The minimum Gasteiger partial charge on any atom is -0.377 e. The molecule has 0 saturated carbocycles. The predicted molar refractivity (Wildman–Crippen MR) is 78.3 cm³/mol. The molecular weight excluding hydrogens is 256 g/mol. The minimum atomic E-state index is -0.461. The zero-order valence-electron chi connectivity index (χ0n) is 13.5. The van der Waals surface area contributed by atoms with E-state index in [2.05, 4.69) is 5.32 Å². The van der Waals surface area contributed by atoms with Crippen LogP contribution in [-0.4, -0.2) is 48.1 Å². The van der Waals surface area contributed by atoms with Crippen LogP contribution in [0.25, 0.3) is 0 Å². The molecule has 0 radical (unpaired) electrons. The van der Waals surface area contributed by atoms with E-state index in [1.54, 1.807) is 4.90 Å². The molecule has 2 atom stereocenters. The highest BCUT2D eigenvalue weighted by atomic mass is 16.5. The molecule has 1 N–H and O–H groups in total. The van der Waals surface area contributed by atoms with Gasteiger partial charge in [0, 0.05) is 6.54 Å². The summed E-state index contributed by atoms with van der Waals surface area (Å²) in [6.45, 7) is 12.7. The highest BCUT2D eigenvalue weighted by Gasteiger charge is 2.44. The molecule has 1 saturated heterocycles. The average molecular weight is 284 g/mol. The maximum Gasteiger partial charge on any atom is 0.246 e. The minimum absolute atomic E-state index is 0.00342. The second-order valence-corrected chi connectivity index (χ2v) is 6.68. The smallest absolute Gasteiger partial charge is 0.246 e. The Labute approximate surface area is 122 Å². The summed E-state index contributed by atoms with van der Waals surface area (Å²) in [6.07, 6.45) is 0.748. The summed E-state index contributed by atoms with van der Waals surface area (Å²) in [5.74, 6) is -0.0621. The van der Waals surface area contributed by atoms with E-state index in [0.717, 1.165) is 0 Å². The fourth-order valence-electron chi connectivity index (χ4n) is 2.41. The summed E-state index contributed by atoms with van der Waals surface area (Å²) >= 11 is 0. The van der Waals surface area contributed by atoms with Crippen molar-refractivity contribution in [1.29, 1.82) is 0 Å². The number of amides is 2. The molecule has 0 aliphatic carbocycles. The molecule has 20 heavy (non-hydrogen) atoms. The third-order valence-corrected chi connectivity index (χ3v) is 3.53. The third-order valence-electron chi connectivity index (χ3n) is 3.53. The quantitative estimate of drug-likeness (QED) is 0.833.